The Bertz CT molecular complexity index is 1330. The Morgan fingerprint density at radius 3 is 2.24 bits per heavy atom. The molecular weight excluding hydrogens is 425 g/mol. The largest absolute Gasteiger partial charge is 0.493 e. The van der Waals surface area contributed by atoms with Crippen molar-refractivity contribution in [2.75, 3.05) is 26.6 Å². The fourth-order valence-corrected chi connectivity index (χ4v) is 4.08. The molecule has 0 radical (unpaired) electrons. The molecule has 1 N–H and O–H groups in total. The first-order chi connectivity index (χ1) is 16.5. The molecule has 0 unspecified atom stereocenters. The lowest BCUT2D eigenvalue weighted by molar-refractivity contribution is 0.356. The van der Waals surface area contributed by atoms with Gasteiger partial charge in [0.05, 0.1) is 14.2 Å². The quantitative estimate of drug-likeness (QED) is 0.290. The number of para-hydroxylation sites is 1. The van der Waals surface area contributed by atoms with E-state index < -0.39 is 0 Å². The Balaban J connectivity index is 1.83. The zero-order chi connectivity index (χ0) is 24.1. The molecule has 0 aromatic heterocycles. The van der Waals surface area contributed by atoms with Crippen LogP contribution in [0.15, 0.2) is 84.9 Å². The van der Waals surface area contributed by atoms with Crippen LogP contribution < -0.4 is 14.8 Å². The summed E-state index contributed by atoms with van der Waals surface area (Å²) in [6.07, 6.45) is 2.16. The second-order valence-corrected chi connectivity index (χ2v) is 8.01. The topological polar surface area (TPSA) is 30.5 Å². The van der Waals surface area contributed by atoms with Gasteiger partial charge in [-0.1, -0.05) is 48.5 Å². The number of anilines is 1. The number of hydrogen-bond donors (Lipinski definition) is 1. The summed E-state index contributed by atoms with van der Waals surface area (Å²) in [6.45, 7) is 2.09. The molecule has 0 aliphatic rings. The molecule has 0 fully saturated rings. The SMILES string of the molecule is CNc1ccccc1/C=C(\C)c1cc(OC)c(OC)c(-c2cccc(-c3ccc(F)cc3)c2)c1. The molecule has 0 aliphatic carbocycles. The molecule has 34 heavy (non-hydrogen) atoms. The summed E-state index contributed by atoms with van der Waals surface area (Å²) in [7, 11) is 5.22. The van der Waals surface area contributed by atoms with Gasteiger partial charge in [-0.2, -0.15) is 0 Å². The number of rotatable bonds is 7. The first kappa shape index (κ1) is 23.1. The van der Waals surface area contributed by atoms with Crippen LogP contribution in [0.4, 0.5) is 10.1 Å². The van der Waals surface area contributed by atoms with Crippen molar-refractivity contribution < 1.29 is 13.9 Å². The zero-order valence-electron chi connectivity index (χ0n) is 19.9. The van der Waals surface area contributed by atoms with Crippen LogP contribution in [0.2, 0.25) is 0 Å². The second-order valence-electron chi connectivity index (χ2n) is 8.01. The predicted octanol–water partition coefficient (Wildman–Crippen LogP) is 7.78. The van der Waals surface area contributed by atoms with E-state index in [1.165, 1.54) is 12.1 Å². The number of benzene rings is 4. The van der Waals surface area contributed by atoms with Crippen LogP contribution in [0.25, 0.3) is 33.9 Å². The highest BCUT2D eigenvalue weighted by atomic mass is 19.1. The van der Waals surface area contributed by atoms with E-state index in [2.05, 4.69) is 42.6 Å². The third-order valence-corrected chi connectivity index (χ3v) is 5.89. The van der Waals surface area contributed by atoms with E-state index in [-0.39, 0.29) is 5.82 Å². The minimum Gasteiger partial charge on any atom is -0.493 e. The van der Waals surface area contributed by atoms with Gasteiger partial charge in [0, 0.05) is 18.3 Å². The average molecular weight is 454 g/mol. The lowest BCUT2D eigenvalue weighted by atomic mass is 9.94. The van der Waals surface area contributed by atoms with Gasteiger partial charge in [0.25, 0.3) is 0 Å². The van der Waals surface area contributed by atoms with Crippen LogP contribution >= 0.6 is 0 Å². The molecule has 0 saturated carbocycles. The summed E-state index contributed by atoms with van der Waals surface area (Å²) in [5.41, 5.74) is 8.17. The van der Waals surface area contributed by atoms with Crippen molar-refractivity contribution in [2.24, 2.45) is 0 Å². The molecule has 0 heterocycles. The Morgan fingerprint density at radius 2 is 1.53 bits per heavy atom. The molecule has 0 spiro atoms. The summed E-state index contributed by atoms with van der Waals surface area (Å²) < 4.78 is 24.9. The van der Waals surface area contributed by atoms with Gasteiger partial charge in [0.15, 0.2) is 11.5 Å². The van der Waals surface area contributed by atoms with Gasteiger partial charge in [-0.3, -0.25) is 0 Å². The summed E-state index contributed by atoms with van der Waals surface area (Å²) in [6, 6.07) is 27.0. The van der Waals surface area contributed by atoms with Crippen molar-refractivity contribution in [1.82, 2.24) is 0 Å². The maximum atomic E-state index is 13.4. The van der Waals surface area contributed by atoms with Gasteiger partial charge in [0.1, 0.15) is 5.82 Å². The number of methoxy groups -OCH3 is 2. The molecule has 0 aliphatic heterocycles. The van der Waals surface area contributed by atoms with Gasteiger partial charge >= 0.3 is 0 Å². The van der Waals surface area contributed by atoms with Crippen LogP contribution in [0.1, 0.15) is 18.1 Å². The van der Waals surface area contributed by atoms with Crippen molar-refractivity contribution in [3.05, 3.63) is 102 Å². The highest BCUT2D eigenvalue weighted by Crippen LogP contribution is 2.42. The summed E-state index contributed by atoms with van der Waals surface area (Å²) in [5.74, 6) is 1.09. The smallest absolute Gasteiger partial charge is 0.168 e. The second kappa shape index (κ2) is 10.3. The molecule has 4 rings (SSSR count). The number of hydrogen-bond acceptors (Lipinski definition) is 3. The summed E-state index contributed by atoms with van der Waals surface area (Å²) in [5, 5.41) is 3.24. The lowest BCUT2D eigenvalue weighted by Gasteiger charge is -2.17. The van der Waals surface area contributed by atoms with Gasteiger partial charge in [-0.15, -0.1) is 0 Å². The molecule has 0 atom stereocenters. The van der Waals surface area contributed by atoms with Crippen molar-refractivity contribution in [3.63, 3.8) is 0 Å². The monoisotopic (exact) mass is 453 g/mol. The standard InChI is InChI=1S/C30H28FNO2/c1-20(16-24-8-5-6-11-28(24)32-2)25-18-27(30(34-4)29(19-25)33-3)23-10-7-9-22(17-23)21-12-14-26(31)15-13-21/h5-19,32H,1-4H3/b20-16+. The average Bonchev–Trinajstić information content (AvgIpc) is 2.88. The highest BCUT2D eigenvalue weighted by molar-refractivity contribution is 5.88. The number of allylic oxidation sites excluding steroid dienone is 1. The zero-order valence-corrected chi connectivity index (χ0v) is 19.9. The fraction of sp³-hybridized carbons (Fsp3) is 0.133. The van der Waals surface area contributed by atoms with Gasteiger partial charge < -0.3 is 14.8 Å². The third-order valence-electron chi connectivity index (χ3n) is 5.89. The van der Waals surface area contributed by atoms with E-state index in [1.807, 2.05) is 43.4 Å². The molecule has 3 nitrogen and oxygen atoms in total. The number of ether oxygens (including phenoxy) is 2. The van der Waals surface area contributed by atoms with Crippen LogP contribution in [-0.4, -0.2) is 21.3 Å². The summed E-state index contributed by atoms with van der Waals surface area (Å²) >= 11 is 0. The Labute approximate surface area is 200 Å². The van der Waals surface area contributed by atoms with Gasteiger partial charge in [-0.25, -0.2) is 4.39 Å². The van der Waals surface area contributed by atoms with Crippen molar-refractivity contribution in [1.29, 1.82) is 0 Å². The third kappa shape index (κ3) is 4.81. The molecule has 4 heteroatoms. The molecule has 4 aromatic carbocycles. The summed E-state index contributed by atoms with van der Waals surface area (Å²) in [4.78, 5) is 0. The lowest BCUT2D eigenvalue weighted by Crippen LogP contribution is -1.96. The van der Waals surface area contributed by atoms with Crippen LogP contribution in [0.3, 0.4) is 0 Å². The van der Waals surface area contributed by atoms with E-state index in [1.54, 1.807) is 26.4 Å². The number of halogens is 1. The van der Waals surface area contributed by atoms with E-state index >= 15 is 0 Å². The van der Waals surface area contributed by atoms with Gasteiger partial charge in [0.2, 0.25) is 0 Å². The van der Waals surface area contributed by atoms with E-state index in [9.17, 15) is 4.39 Å². The minimum absolute atomic E-state index is 0.249. The van der Waals surface area contributed by atoms with Gasteiger partial charge in [-0.05, 0) is 82.8 Å². The molecule has 0 amide bonds. The Morgan fingerprint density at radius 1 is 0.794 bits per heavy atom. The molecule has 4 aromatic rings. The van der Waals surface area contributed by atoms with Crippen LogP contribution in [0.5, 0.6) is 11.5 Å². The number of nitrogens with one attached hydrogen (secondary N) is 1. The first-order valence-electron chi connectivity index (χ1n) is 11.1. The Kier molecular flexibility index (Phi) is 6.98. The normalized spacial score (nSPS) is 11.3. The highest BCUT2D eigenvalue weighted by Gasteiger charge is 2.16. The molecular formula is C30H28FNO2. The first-order valence-corrected chi connectivity index (χ1v) is 11.1. The van der Waals surface area contributed by atoms with Crippen molar-refractivity contribution in [2.45, 2.75) is 6.92 Å². The maximum Gasteiger partial charge on any atom is 0.168 e. The minimum atomic E-state index is -0.249. The molecule has 172 valence electrons. The Hall–Kier alpha value is -4.05. The fourth-order valence-electron chi connectivity index (χ4n) is 4.08. The van der Waals surface area contributed by atoms with Crippen molar-refractivity contribution >= 4 is 17.3 Å². The van der Waals surface area contributed by atoms with E-state index in [0.717, 1.165) is 44.6 Å². The van der Waals surface area contributed by atoms with Crippen molar-refractivity contribution in [3.8, 4) is 33.8 Å². The predicted molar refractivity (Wildman–Crippen MR) is 140 cm³/mol. The molecule has 0 bridgehead atoms. The van der Waals surface area contributed by atoms with E-state index in [4.69, 9.17) is 9.47 Å². The van der Waals surface area contributed by atoms with E-state index in [0.29, 0.717) is 11.5 Å². The van der Waals surface area contributed by atoms with Crippen LogP contribution in [0, 0.1) is 5.82 Å². The molecule has 0 saturated heterocycles. The maximum absolute atomic E-state index is 13.4. The van der Waals surface area contributed by atoms with Crippen LogP contribution in [-0.2, 0) is 0 Å².